The molecule has 1 aromatic heterocycles. The van der Waals surface area contributed by atoms with Crippen LogP contribution >= 0.6 is 0 Å². The molecule has 0 saturated carbocycles. The number of amides is 3. The molecule has 1 heterocycles. The Bertz CT molecular complexity index is 1290. The highest BCUT2D eigenvalue weighted by Crippen LogP contribution is 2.29. The van der Waals surface area contributed by atoms with Crippen molar-refractivity contribution >= 4 is 34.3 Å². The number of aromatic nitrogens is 2. The molecule has 0 bridgehead atoms. The van der Waals surface area contributed by atoms with E-state index in [9.17, 15) is 19.2 Å². The number of fused-ring (bicyclic) bond motifs is 1. The fraction of sp³-hybridized carbons (Fsp3) is 0.261. The van der Waals surface area contributed by atoms with E-state index >= 15 is 0 Å². The first-order valence-electron chi connectivity index (χ1n) is 10.4. The van der Waals surface area contributed by atoms with E-state index < -0.39 is 11.8 Å². The number of aryl methyl sites for hydroxylation is 1. The van der Waals surface area contributed by atoms with Crippen molar-refractivity contribution in [2.24, 2.45) is 5.73 Å². The largest absolute Gasteiger partial charge is 0.493 e. The maximum absolute atomic E-state index is 12.8. The summed E-state index contributed by atoms with van der Waals surface area (Å²) in [5.41, 5.74) is 5.96. The third kappa shape index (κ3) is 5.88. The molecule has 0 radical (unpaired) electrons. The quantitative estimate of drug-likeness (QED) is 0.402. The van der Waals surface area contributed by atoms with E-state index in [1.54, 1.807) is 30.3 Å². The van der Waals surface area contributed by atoms with Crippen molar-refractivity contribution in [1.29, 1.82) is 0 Å². The SMILES string of the molecule is COc1cc2ncn(CCCC(=O)Nc3cccc(C(=O)NCC(N)=O)c3)c(=O)c2cc1OC. The summed E-state index contributed by atoms with van der Waals surface area (Å²) >= 11 is 0. The van der Waals surface area contributed by atoms with E-state index in [2.05, 4.69) is 15.6 Å². The van der Waals surface area contributed by atoms with Crippen LogP contribution in [0.2, 0.25) is 0 Å². The van der Waals surface area contributed by atoms with Gasteiger partial charge in [-0.05, 0) is 30.7 Å². The molecule has 0 saturated heterocycles. The number of nitrogens with one attached hydrogen (secondary N) is 2. The molecule has 3 rings (SSSR count). The molecule has 0 aliphatic rings. The van der Waals surface area contributed by atoms with Gasteiger partial charge in [-0.3, -0.25) is 23.7 Å². The van der Waals surface area contributed by atoms with Crippen molar-refractivity contribution in [3.63, 3.8) is 0 Å². The monoisotopic (exact) mass is 467 g/mol. The van der Waals surface area contributed by atoms with Gasteiger partial charge in [-0.15, -0.1) is 0 Å². The van der Waals surface area contributed by atoms with Gasteiger partial charge in [0.05, 0.1) is 38.0 Å². The Balaban J connectivity index is 1.60. The molecule has 0 unspecified atom stereocenters. The highest BCUT2D eigenvalue weighted by molar-refractivity contribution is 5.98. The summed E-state index contributed by atoms with van der Waals surface area (Å²) in [6.07, 6.45) is 1.97. The standard InChI is InChI=1S/C23H25N5O6/c1-33-18-10-16-17(11-19(18)34-2)26-13-28(23(16)32)8-4-7-21(30)27-15-6-3-5-14(9-15)22(31)25-12-20(24)29/h3,5-6,9-11,13H,4,7-8,12H2,1-2H3,(H2,24,29)(H,25,31)(H,27,30). The minimum absolute atomic E-state index is 0.147. The van der Waals surface area contributed by atoms with E-state index in [-0.39, 0.29) is 30.0 Å². The van der Waals surface area contributed by atoms with Gasteiger partial charge in [-0.1, -0.05) is 6.07 Å². The van der Waals surface area contributed by atoms with Crippen molar-refractivity contribution < 1.29 is 23.9 Å². The molecule has 3 aromatic rings. The van der Waals surface area contributed by atoms with Gasteiger partial charge in [-0.2, -0.15) is 0 Å². The molecule has 0 aliphatic heterocycles. The molecule has 0 spiro atoms. The Morgan fingerprint density at radius 3 is 2.53 bits per heavy atom. The van der Waals surface area contributed by atoms with Crippen LogP contribution in [0.5, 0.6) is 11.5 Å². The van der Waals surface area contributed by atoms with Crippen LogP contribution in [0.4, 0.5) is 5.69 Å². The average Bonchev–Trinajstić information content (AvgIpc) is 2.83. The molecule has 0 fully saturated rings. The summed E-state index contributed by atoms with van der Waals surface area (Å²) in [6, 6.07) is 9.51. The second-order valence-electron chi connectivity index (χ2n) is 7.35. The number of ether oxygens (including phenoxy) is 2. The number of benzene rings is 2. The topological polar surface area (TPSA) is 155 Å². The lowest BCUT2D eigenvalue weighted by molar-refractivity contribution is -0.117. The van der Waals surface area contributed by atoms with Crippen LogP contribution in [0.3, 0.4) is 0 Å². The maximum atomic E-state index is 12.8. The number of nitrogens with zero attached hydrogens (tertiary/aromatic N) is 2. The predicted octanol–water partition coefficient (Wildman–Crippen LogP) is 1.05. The first kappa shape index (κ1) is 24.2. The van der Waals surface area contributed by atoms with Crippen LogP contribution in [0, 0.1) is 0 Å². The number of nitrogens with two attached hydrogens (primary N) is 1. The third-order valence-electron chi connectivity index (χ3n) is 4.96. The van der Waals surface area contributed by atoms with Crippen molar-refractivity contribution in [3.8, 4) is 11.5 Å². The lowest BCUT2D eigenvalue weighted by atomic mass is 10.2. The first-order chi connectivity index (χ1) is 16.3. The molecule has 11 heteroatoms. The fourth-order valence-corrected chi connectivity index (χ4v) is 3.29. The Hall–Kier alpha value is -4.41. The lowest BCUT2D eigenvalue weighted by Gasteiger charge is -2.11. The molecular formula is C23H25N5O6. The maximum Gasteiger partial charge on any atom is 0.261 e. The molecule has 0 atom stereocenters. The second-order valence-corrected chi connectivity index (χ2v) is 7.35. The molecule has 0 aliphatic carbocycles. The van der Waals surface area contributed by atoms with Crippen LogP contribution in [0.1, 0.15) is 23.2 Å². The number of primary amides is 1. The normalized spacial score (nSPS) is 10.5. The van der Waals surface area contributed by atoms with Crippen LogP contribution < -0.4 is 31.4 Å². The Morgan fingerprint density at radius 1 is 1.09 bits per heavy atom. The van der Waals surface area contributed by atoms with Crippen molar-refractivity contribution in [3.05, 3.63) is 58.6 Å². The zero-order valence-electron chi connectivity index (χ0n) is 18.8. The van der Waals surface area contributed by atoms with E-state index in [1.807, 2.05) is 0 Å². The van der Waals surface area contributed by atoms with E-state index in [1.165, 1.54) is 31.2 Å². The summed E-state index contributed by atoms with van der Waals surface area (Å²) < 4.78 is 11.9. The van der Waals surface area contributed by atoms with E-state index in [0.717, 1.165) is 0 Å². The number of methoxy groups -OCH3 is 2. The van der Waals surface area contributed by atoms with Crippen LogP contribution in [0.25, 0.3) is 10.9 Å². The van der Waals surface area contributed by atoms with Gasteiger partial charge < -0.3 is 25.8 Å². The molecule has 34 heavy (non-hydrogen) atoms. The molecule has 2 aromatic carbocycles. The molecule has 3 amide bonds. The second kappa shape index (κ2) is 10.9. The fourth-order valence-electron chi connectivity index (χ4n) is 3.29. The van der Waals surface area contributed by atoms with Gasteiger partial charge in [0.25, 0.3) is 11.5 Å². The highest BCUT2D eigenvalue weighted by Gasteiger charge is 2.12. The van der Waals surface area contributed by atoms with Crippen LogP contribution in [-0.4, -0.2) is 48.0 Å². The molecule has 178 valence electrons. The van der Waals surface area contributed by atoms with Gasteiger partial charge in [0, 0.05) is 30.3 Å². The Morgan fingerprint density at radius 2 is 1.82 bits per heavy atom. The number of rotatable bonds is 10. The van der Waals surface area contributed by atoms with E-state index in [0.29, 0.717) is 41.1 Å². The van der Waals surface area contributed by atoms with Gasteiger partial charge >= 0.3 is 0 Å². The summed E-state index contributed by atoms with van der Waals surface area (Å²) in [5, 5.41) is 5.49. The summed E-state index contributed by atoms with van der Waals surface area (Å²) in [5.74, 6) is -0.505. The van der Waals surface area contributed by atoms with Gasteiger partial charge in [0.2, 0.25) is 11.8 Å². The van der Waals surface area contributed by atoms with Crippen molar-refractivity contribution in [2.45, 2.75) is 19.4 Å². The predicted molar refractivity (Wildman–Crippen MR) is 125 cm³/mol. The molecule has 4 N–H and O–H groups in total. The van der Waals surface area contributed by atoms with Crippen molar-refractivity contribution in [2.75, 3.05) is 26.1 Å². The smallest absolute Gasteiger partial charge is 0.261 e. The highest BCUT2D eigenvalue weighted by atomic mass is 16.5. The summed E-state index contributed by atoms with van der Waals surface area (Å²) in [6.45, 7) is 0.0118. The van der Waals surface area contributed by atoms with E-state index in [4.69, 9.17) is 15.2 Å². The summed E-state index contributed by atoms with van der Waals surface area (Å²) in [4.78, 5) is 52.3. The zero-order chi connectivity index (χ0) is 24.7. The molecular weight excluding hydrogens is 442 g/mol. The Kier molecular flexibility index (Phi) is 7.80. The van der Waals surface area contributed by atoms with Crippen LogP contribution in [0.15, 0.2) is 47.5 Å². The lowest BCUT2D eigenvalue weighted by Crippen LogP contribution is -2.33. The third-order valence-corrected chi connectivity index (χ3v) is 4.96. The summed E-state index contributed by atoms with van der Waals surface area (Å²) in [7, 11) is 2.99. The van der Waals surface area contributed by atoms with Gasteiger partial charge in [0.1, 0.15) is 0 Å². The Labute approximate surface area is 194 Å². The van der Waals surface area contributed by atoms with Crippen molar-refractivity contribution in [1.82, 2.24) is 14.9 Å². The van der Waals surface area contributed by atoms with Crippen LogP contribution in [-0.2, 0) is 16.1 Å². The minimum Gasteiger partial charge on any atom is -0.493 e. The number of anilines is 1. The first-order valence-corrected chi connectivity index (χ1v) is 10.4. The number of hydrogen-bond acceptors (Lipinski definition) is 7. The average molecular weight is 467 g/mol. The molecule has 11 nitrogen and oxygen atoms in total. The number of carbonyl (C=O) groups is 3. The number of carbonyl (C=O) groups excluding carboxylic acids is 3. The minimum atomic E-state index is -0.655. The zero-order valence-corrected chi connectivity index (χ0v) is 18.8. The number of hydrogen-bond donors (Lipinski definition) is 3. The van der Waals surface area contributed by atoms with Gasteiger partial charge in [-0.25, -0.2) is 4.98 Å². The van der Waals surface area contributed by atoms with Gasteiger partial charge in [0.15, 0.2) is 11.5 Å².